The maximum atomic E-state index is 14.6. The average Bonchev–Trinajstić information content (AvgIpc) is 3.67. The van der Waals surface area contributed by atoms with E-state index in [0.717, 1.165) is 55.5 Å². The Balaban J connectivity index is 1.23. The molecule has 1 saturated heterocycles. The van der Waals surface area contributed by atoms with E-state index in [2.05, 4.69) is 42.6 Å². The molecule has 0 radical (unpaired) electrons. The van der Waals surface area contributed by atoms with Crippen molar-refractivity contribution in [2.75, 3.05) is 26.7 Å². The number of likely N-dealkylation sites (tertiary alicyclic amines) is 1. The van der Waals surface area contributed by atoms with E-state index in [1.807, 2.05) is 86.5 Å². The van der Waals surface area contributed by atoms with Gasteiger partial charge < -0.3 is 15.5 Å². The summed E-state index contributed by atoms with van der Waals surface area (Å²) in [4.78, 5) is 35.1. The van der Waals surface area contributed by atoms with Gasteiger partial charge in [-0.1, -0.05) is 42.2 Å². The van der Waals surface area contributed by atoms with E-state index in [1.54, 1.807) is 34.5 Å². The third-order valence-corrected chi connectivity index (χ3v) is 9.73. The number of fused-ring (bicyclic) bond motifs is 2. The van der Waals surface area contributed by atoms with E-state index in [0.29, 0.717) is 45.3 Å². The molecule has 0 spiro atoms. The number of nitrogens with one attached hydrogen (secondary N) is 2. The van der Waals surface area contributed by atoms with Crippen LogP contribution in [0.15, 0.2) is 84.0 Å². The van der Waals surface area contributed by atoms with Crippen LogP contribution in [0, 0.1) is 18.8 Å². The molecule has 1 atom stereocenters. The lowest BCUT2D eigenvalue weighted by molar-refractivity contribution is 0.0939. The van der Waals surface area contributed by atoms with Gasteiger partial charge in [-0.2, -0.15) is 10.2 Å². The van der Waals surface area contributed by atoms with Crippen LogP contribution in [0.3, 0.4) is 0 Å². The predicted octanol–water partition coefficient (Wildman–Crippen LogP) is 4.19. The molecule has 0 saturated carbocycles. The second-order valence-electron chi connectivity index (χ2n) is 12.9. The summed E-state index contributed by atoms with van der Waals surface area (Å²) in [5.74, 6) is 6.36. The van der Waals surface area contributed by atoms with E-state index in [-0.39, 0.29) is 11.5 Å². The molecule has 254 valence electrons. The molecule has 0 bridgehead atoms. The van der Waals surface area contributed by atoms with Crippen LogP contribution in [0.5, 0.6) is 0 Å². The summed E-state index contributed by atoms with van der Waals surface area (Å²) in [5.41, 5.74) is 5.16. The van der Waals surface area contributed by atoms with Crippen molar-refractivity contribution in [2.45, 2.75) is 45.2 Å². The molecule has 5 heterocycles. The fraction of sp³-hybridized carbons (Fsp3) is 0.308. The van der Waals surface area contributed by atoms with Gasteiger partial charge in [-0.05, 0) is 82.5 Å². The van der Waals surface area contributed by atoms with Crippen molar-refractivity contribution in [3.63, 3.8) is 0 Å². The number of carbonyl (C=O) groups is 1. The summed E-state index contributed by atoms with van der Waals surface area (Å²) < 4.78 is 5.17. The van der Waals surface area contributed by atoms with Gasteiger partial charge in [0, 0.05) is 55.4 Å². The lowest BCUT2D eigenvalue weighted by Crippen LogP contribution is -2.42. The number of benzene rings is 2. The monoisotopic (exact) mass is 667 g/mol. The van der Waals surface area contributed by atoms with Gasteiger partial charge in [-0.3, -0.25) is 18.8 Å². The Morgan fingerprint density at radius 1 is 1.04 bits per heavy atom. The Morgan fingerprint density at radius 2 is 1.82 bits per heavy atom. The number of aromatic nitrogens is 6. The van der Waals surface area contributed by atoms with Gasteiger partial charge in [-0.15, -0.1) is 0 Å². The van der Waals surface area contributed by atoms with Crippen molar-refractivity contribution >= 4 is 22.3 Å². The lowest BCUT2D eigenvalue weighted by Gasteiger charge is -2.31. The number of hydrogen-bond acceptors (Lipinski definition) is 7. The van der Waals surface area contributed by atoms with E-state index in [4.69, 9.17) is 0 Å². The van der Waals surface area contributed by atoms with Gasteiger partial charge in [0.25, 0.3) is 11.5 Å². The van der Waals surface area contributed by atoms with Gasteiger partial charge in [0.15, 0.2) is 5.65 Å². The number of amides is 1. The zero-order chi connectivity index (χ0) is 34.8. The Bertz CT molecular complexity index is 2300. The van der Waals surface area contributed by atoms with Crippen molar-refractivity contribution in [3.05, 3.63) is 123 Å². The molecule has 0 aliphatic carbocycles. The van der Waals surface area contributed by atoms with Gasteiger partial charge in [0.1, 0.15) is 5.56 Å². The van der Waals surface area contributed by atoms with Crippen LogP contribution < -0.4 is 16.2 Å². The molecule has 2 aromatic carbocycles. The van der Waals surface area contributed by atoms with Crippen LogP contribution in [-0.4, -0.2) is 72.5 Å². The molecule has 1 fully saturated rings. The highest BCUT2D eigenvalue weighted by molar-refractivity contribution is 6.01. The van der Waals surface area contributed by atoms with Gasteiger partial charge in [0.2, 0.25) is 0 Å². The highest BCUT2D eigenvalue weighted by atomic mass is 16.2. The third kappa shape index (κ3) is 6.43. The van der Waals surface area contributed by atoms with Crippen molar-refractivity contribution in [1.82, 2.24) is 44.5 Å². The number of piperidine rings is 1. The van der Waals surface area contributed by atoms with E-state index < -0.39 is 6.04 Å². The second-order valence-corrected chi connectivity index (χ2v) is 12.9. The highest BCUT2D eigenvalue weighted by Gasteiger charge is 2.24. The molecule has 6 aromatic rings. The number of aryl methyl sites for hydroxylation is 2. The molecular weight excluding hydrogens is 626 g/mol. The maximum absolute atomic E-state index is 14.6. The smallest absolute Gasteiger partial charge is 0.264 e. The molecule has 2 N–H and O–H groups in total. The summed E-state index contributed by atoms with van der Waals surface area (Å²) in [6.45, 7) is 6.77. The molecular formula is C39H41N9O2. The van der Waals surface area contributed by atoms with Crippen molar-refractivity contribution < 1.29 is 4.79 Å². The minimum absolute atomic E-state index is 0.208. The molecule has 50 heavy (non-hydrogen) atoms. The topological polar surface area (TPSA) is 114 Å². The Hall–Kier alpha value is -5.57. The molecule has 7 rings (SSSR count). The Morgan fingerprint density at radius 3 is 2.60 bits per heavy atom. The molecule has 1 unspecified atom stereocenters. The molecule has 1 aliphatic heterocycles. The molecule has 1 amide bonds. The number of pyridine rings is 1. The number of hydrogen-bond donors (Lipinski definition) is 2. The standard InChI is InChI=1S/C39H41N9O2/c1-26(43-38(49)35-27(2)44-47-20-9-19-41-37(35)47)34-24-29-11-8-10-28(36(29)39(50)48(34)32-12-6-5-7-13-32)14-15-30-25-42-45(4)33(30)18-23-46-21-16-31(40-3)17-22-46/h5-13,19-20,24-26,31,40H,16-18,21-23H2,1-4H3,(H,43,49). The normalized spacial score (nSPS) is 14.5. The first-order valence-electron chi connectivity index (χ1n) is 17.1. The fourth-order valence-corrected chi connectivity index (χ4v) is 6.96. The van der Waals surface area contributed by atoms with Crippen LogP contribution in [0.1, 0.15) is 64.4 Å². The first-order valence-corrected chi connectivity index (χ1v) is 17.1. The minimum Gasteiger partial charge on any atom is -0.344 e. The van der Waals surface area contributed by atoms with Crippen molar-refractivity contribution in [3.8, 4) is 17.5 Å². The first-order chi connectivity index (χ1) is 24.3. The Labute approximate surface area is 290 Å². The molecule has 4 aromatic heterocycles. The minimum atomic E-state index is -0.533. The average molecular weight is 668 g/mol. The van der Waals surface area contributed by atoms with Crippen molar-refractivity contribution in [1.29, 1.82) is 0 Å². The predicted molar refractivity (Wildman–Crippen MR) is 195 cm³/mol. The van der Waals surface area contributed by atoms with E-state index >= 15 is 0 Å². The van der Waals surface area contributed by atoms with Gasteiger partial charge in [0.05, 0.1) is 34.6 Å². The van der Waals surface area contributed by atoms with Crippen molar-refractivity contribution in [2.24, 2.45) is 7.05 Å². The summed E-state index contributed by atoms with van der Waals surface area (Å²) in [7, 11) is 4.00. The summed E-state index contributed by atoms with van der Waals surface area (Å²) in [6, 6.07) is 19.0. The van der Waals surface area contributed by atoms with Crippen LogP contribution in [0.4, 0.5) is 0 Å². The van der Waals surface area contributed by atoms with Crippen LogP contribution in [-0.2, 0) is 13.5 Å². The summed E-state index contributed by atoms with van der Waals surface area (Å²) >= 11 is 0. The van der Waals surface area contributed by atoms with E-state index in [1.165, 1.54) is 0 Å². The number of carbonyl (C=O) groups excluding carboxylic acids is 1. The summed E-state index contributed by atoms with van der Waals surface area (Å²) in [5, 5.41) is 16.7. The first kappa shape index (κ1) is 33.0. The number of rotatable bonds is 8. The number of para-hydroxylation sites is 1. The largest absolute Gasteiger partial charge is 0.344 e. The molecule has 1 aliphatic rings. The zero-order valence-electron chi connectivity index (χ0n) is 28.8. The maximum Gasteiger partial charge on any atom is 0.264 e. The SMILES string of the molecule is CNC1CCN(CCc2c(C#Cc3cccc4cc(C(C)NC(=O)c5c(C)nn6cccnc56)n(-c5ccccc5)c(=O)c34)cnn2C)CC1. The second kappa shape index (κ2) is 14.1. The zero-order valence-corrected chi connectivity index (χ0v) is 28.8. The third-order valence-electron chi connectivity index (χ3n) is 9.73. The van der Waals surface area contributed by atoms with Crippen LogP contribution in [0.25, 0.3) is 22.1 Å². The highest BCUT2D eigenvalue weighted by Crippen LogP contribution is 2.24. The summed E-state index contributed by atoms with van der Waals surface area (Å²) in [6.07, 6.45) is 8.37. The fourth-order valence-electron chi connectivity index (χ4n) is 6.96. The lowest BCUT2D eigenvalue weighted by atomic mass is 10.0. The number of nitrogens with zero attached hydrogens (tertiary/aromatic N) is 7. The Kier molecular flexibility index (Phi) is 9.30. The molecule has 11 nitrogen and oxygen atoms in total. The van der Waals surface area contributed by atoms with Gasteiger partial charge in [-0.25, -0.2) is 9.50 Å². The molecule has 11 heteroatoms. The van der Waals surface area contributed by atoms with Crippen LogP contribution >= 0.6 is 0 Å². The van der Waals surface area contributed by atoms with Gasteiger partial charge >= 0.3 is 0 Å². The van der Waals surface area contributed by atoms with Crippen LogP contribution in [0.2, 0.25) is 0 Å². The quantitative estimate of drug-likeness (QED) is 0.234. The van der Waals surface area contributed by atoms with E-state index in [9.17, 15) is 9.59 Å².